The van der Waals surface area contributed by atoms with E-state index in [2.05, 4.69) is 166 Å². The Morgan fingerprint density at radius 3 is 0.541 bits per heavy atom. The number of hydrogen-bond donors (Lipinski definition) is 4. The monoisotopic (exact) mass is 1480 g/mol. The van der Waals surface area contributed by atoms with Crippen LogP contribution >= 0.6 is 0 Å². The zero-order valence-electron chi connectivity index (χ0n) is 69.9. The number of carbonyl (C=O) groups is 4. The number of benzene rings is 8. The van der Waals surface area contributed by atoms with Crippen molar-refractivity contribution in [3.05, 3.63) is 212 Å². The molecular weight excluding hydrogens is 1360 g/mol. The Labute approximate surface area is 651 Å². The highest BCUT2D eigenvalue weighted by Crippen LogP contribution is 2.47. The highest BCUT2D eigenvalue weighted by molar-refractivity contribution is 5.76. The van der Waals surface area contributed by atoms with Crippen molar-refractivity contribution < 1.29 is 58.6 Å². The van der Waals surface area contributed by atoms with E-state index in [1.54, 1.807) is 0 Å². The Hall–Kier alpha value is -9.16. The van der Waals surface area contributed by atoms with Crippen LogP contribution in [0, 0.1) is 5.41 Å². The summed E-state index contributed by atoms with van der Waals surface area (Å²) in [5, 5.41) is 46.3. The number of rotatable bonds is 24. The van der Waals surface area contributed by atoms with Crippen LogP contribution in [-0.4, -0.2) is 70.7 Å². The van der Waals surface area contributed by atoms with Gasteiger partial charge in [-0.2, -0.15) is 0 Å². The molecule has 0 aliphatic heterocycles. The molecule has 8 rings (SSSR count). The molecule has 0 saturated carbocycles. The molecule has 109 heavy (non-hydrogen) atoms. The number of ether oxygens (including phenoxy) is 4. The summed E-state index contributed by atoms with van der Waals surface area (Å²) in [4.78, 5) is 57.6. The first-order chi connectivity index (χ1) is 50.3. The average Bonchev–Trinajstić information content (AvgIpc) is 0.789. The number of aryl methyl sites for hydroxylation is 4. The van der Waals surface area contributed by atoms with Gasteiger partial charge >= 0.3 is 23.9 Å². The summed E-state index contributed by atoms with van der Waals surface area (Å²) in [7, 11) is 0. The van der Waals surface area contributed by atoms with Crippen molar-refractivity contribution >= 4 is 23.9 Å². The molecule has 0 saturated heterocycles. The van der Waals surface area contributed by atoms with Gasteiger partial charge in [-0.05, 0) is 184 Å². The maximum absolute atomic E-state index is 14.4. The first-order valence-corrected chi connectivity index (χ1v) is 38.8. The van der Waals surface area contributed by atoms with Crippen molar-refractivity contribution in [3.8, 4) is 67.5 Å². The zero-order valence-corrected chi connectivity index (χ0v) is 69.9. The summed E-state index contributed by atoms with van der Waals surface area (Å²) >= 11 is 0. The van der Waals surface area contributed by atoms with Gasteiger partial charge in [0.2, 0.25) is 0 Å². The van der Waals surface area contributed by atoms with Crippen molar-refractivity contribution in [3.63, 3.8) is 0 Å². The van der Waals surface area contributed by atoms with Gasteiger partial charge in [0, 0.05) is 70.2 Å². The summed E-state index contributed by atoms with van der Waals surface area (Å²) < 4.78 is 24.9. The van der Waals surface area contributed by atoms with Crippen LogP contribution in [0.1, 0.15) is 259 Å². The van der Waals surface area contributed by atoms with E-state index in [9.17, 15) is 39.6 Å². The van der Waals surface area contributed by atoms with E-state index in [0.717, 1.165) is 111 Å². The Balaban J connectivity index is 1.10. The molecule has 0 heterocycles. The zero-order chi connectivity index (χ0) is 81.0. The number of phenolic OH excluding ortho intramolecular Hbond substituents is 4. The van der Waals surface area contributed by atoms with Gasteiger partial charge < -0.3 is 39.4 Å². The number of phenols is 4. The number of hydrogen-bond acceptors (Lipinski definition) is 12. The Morgan fingerprint density at radius 2 is 0.394 bits per heavy atom. The molecule has 0 amide bonds. The van der Waals surface area contributed by atoms with Gasteiger partial charge in [0.25, 0.3) is 0 Å². The minimum Gasteiger partial charge on any atom is -0.507 e. The average molecular weight is 1480 g/mol. The van der Waals surface area contributed by atoms with Gasteiger partial charge in [-0.15, -0.1) is 0 Å². The molecule has 12 nitrogen and oxygen atoms in total. The lowest BCUT2D eigenvalue weighted by atomic mass is 9.77. The van der Waals surface area contributed by atoms with E-state index in [1.807, 2.05) is 146 Å². The summed E-state index contributed by atoms with van der Waals surface area (Å²) in [6, 6.07) is 48.1. The van der Waals surface area contributed by atoms with Gasteiger partial charge in [0.15, 0.2) is 0 Å². The maximum Gasteiger partial charge on any atom is 0.306 e. The van der Waals surface area contributed by atoms with E-state index in [0.29, 0.717) is 25.7 Å². The molecule has 8 aromatic rings. The quantitative estimate of drug-likeness (QED) is 0.0332. The molecule has 0 bridgehead atoms. The minimum atomic E-state index is -1.60. The lowest BCUT2D eigenvalue weighted by Gasteiger charge is -2.31. The second-order valence-electron chi connectivity index (χ2n) is 38.6. The van der Waals surface area contributed by atoms with Crippen LogP contribution in [0.5, 0.6) is 23.0 Å². The van der Waals surface area contributed by atoms with Gasteiger partial charge in [-0.1, -0.05) is 263 Å². The van der Waals surface area contributed by atoms with Crippen LogP contribution in [0.4, 0.5) is 0 Å². The van der Waals surface area contributed by atoms with Crippen LogP contribution in [0.15, 0.2) is 146 Å². The predicted molar refractivity (Wildman–Crippen MR) is 443 cm³/mol. The summed E-state index contributed by atoms with van der Waals surface area (Å²) in [5.41, 5.74) is 13.2. The molecule has 8 aromatic carbocycles. The third-order valence-corrected chi connectivity index (χ3v) is 20.6. The molecule has 12 heteroatoms. The fourth-order valence-corrected chi connectivity index (χ4v) is 13.9. The standard InChI is InChI=1S/C97H124O12/c1-89(2,3)73-49-69(50-74(85(73)102)90(4,5)6)65-33-25-29-61(45-65)37-41-81(98)106-57-97(58-107-82(99)42-38-62-30-26-34-66(46-62)70-51-75(91(7,8)9)86(103)76(52-70)92(10,11)12,59-108-83(100)43-39-63-31-27-35-67(47-63)71-53-77(93(13,14)15)87(104)78(54-71)94(16,17)18)60-109-84(101)44-40-64-32-28-36-68(48-64)72-55-79(95(19,20)21)88(105)80(56-72)96(22,23)24/h25-36,45-56,102-105H,37-44,57-60H2,1-24H3. The smallest absolute Gasteiger partial charge is 0.306 e. The van der Waals surface area contributed by atoms with Gasteiger partial charge in [-0.25, -0.2) is 0 Å². The Bertz CT molecular complexity index is 3870. The van der Waals surface area contributed by atoms with Gasteiger partial charge in [0.1, 0.15) is 54.8 Å². The third kappa shape index (κ3) is 22.5. The van der Waals surface area contributed by atoms with E-state index < -0.39 is 55.7 Å². The predicted octanol–water partition coefficient (Wildman–Crippen LogP) is 22.5. The Kier molecular flexibility index (Phi) is 26.0. The van der Waals surface area contributed by atoms with Crippen LogP contribution in [-0.2, 0) is 107 Å². The number of esters is 4. The number of aromatic hydroxyl groups is 4. The molecule has 0 aliphatic rings. The highest BCUT2D eigenvalue weighted by Gasteiger charge is 2.39. The normalized spacial score (nSPS) is 12.8. The highest BCUT2D eigenvalue weighted by atomic mass is 16.6. The van der Waals surface area contributed by atoms with Crippen molar-refractivity contribution in [2.45, 2.75) is 261 Å². The Morgan fingerprint density at radius 1 is 0.239 bits per heavy atom. The van der Waals surface area contributed by atoms with Gasteiger partial charge in [-0.3, -0.25) is 19.2 Å². The van der Waals surface area contributed by atoms with Crippen LogP contribution < -0.4 is 0 Å². The molecule has 584 valence electrons. The third-order valence-electron chi connectivity index (χ3n) is 20.6. The lowest BCUT2D eigenvalue weighted by molar-refractivity contribution is -0.170. The maximum atomic E-state index is 14.4. The van der Waals surface area contributed by atoms with E-state index in [4.69, 9.17) is 18.9 Å². The van der Waals surface area contributed by atoms with Crippen molar-refractivity contribution in [2.75, 3.05) is 26.4 Å². The van der Waals surface area contributed by atoms with Crippen LogP contribution in [0.2, 0.25) is 0 Å². The van der Waals surface area contributed by atoms with E-state index in [-0.39, 0.29) is 92.0 Å². The summed E-state index contributed by atoms with van der Waals surface area (Å²) in [6.45, 7) is 48.1. The van der Waals surface area contributed by atoms with Crippen molar-refractivity contribution in [1.29, 1.82) is 0 Å². The molecule has 0 spiro atoms. The van der Waals surface area contributed by atoms with Crippen LogP contribution in [0.3, 0.4) is 0 Å². The molecule has 0 atom stereocenters. The summed E-state index contributed by atoms with van der Waals surface area (Å²) in [5.74, 6) is -1.19. The van der Waals surface area contributed by atoms with Crippen molar-refractivity contribution in [1.82, 2.24) is 0 Å². The molecule has 0 radical (unpaired) electrons. The fourth-order valence-electron chi connectivity index (χ4n) is 13.9. The largest absolute Gasteiger partial charge is 0.507 e. The van der Waals surface area contributed by atoms with Crippen molar-refractivity contribution in [2.24, 2.45) is 5.41 Å². The number of carbonyl (C=O) groups excluding carboxylic acids is 4. The second-order valence-corrected chi connectivity index (χ2v) is 38.6. The molecule has 4 N–H and O–H groups in total. The summed E-state index contributed by atoms with van der Waals surface area (Å²) in [6.07, 6.45) is 0.980. The lowest BCUT2D eigenvalue weighted by Crippen LogP contribution is -2.44. The molecular formula is C97H124O12. The second kappa shape index (κ2) is 33.2. The SMILES string of the molecule is CC(C)(C)c1cc(-c2cccc(CCC(=O)OCC(COC(=O)CCc3cccc(-c4cc(C(C)(C)C)c(O)c(C(C)(C)C)c4)c3)(COC(=O)CCc3cccc(-c4cc(C(C)(C)C)c(O)c(C(C)(C)C)c4)c3)COC(=O)CCc3cccc(-c4cc(C(C)(C)C)c(O)c(C(C)(C)C)c4)c3)c2)cc(C(C)(C)C)c1O. The topological polar surface area (TPSA) is 186 Å². The van der Waals surface area contributed by atoms with Gasteiger partial charge in [0.05, 0.1) is 0 Å². The minimum absolute atomic E-state index is 0.0519. The molecule has 0 unspecified atom stereocenters. The molecule has 0 aromatic heterocycles. The van der Waals surface area contributed by atoms with E-state index in [1.165, 1.54) is 0 Å². The molecule has 0 aliphatic carbocycles. The molecule has 0 fully saturated rings. The van der Waals surface area contributed by atoms with E-state index >= 15 is 0 Å². The first kappa shape index (κ1) is 85.4. The van der Waals surface area contributed by atoms with Crippen LogP contribution in [0.25, 0.3) is 44.5 Å². The fraction of sp³-hybridized carbons (Fsp3) is 0.464. The first-order valence-electron chi connectivity index (χ1n) is 38.8.